The van der Waals surface area contributed by atoms with Crippen molar-refractivity contribution >= 4 is 40.3 Å². The molecule has 0 spiro atoms. The van der Waals surface area contributed by atoms with Crippen LogP contribution in [0, 0.1) is 5.82 Å². The average molecular weight is 389 g/mol. The number of amides is 1. The monoisotopic (exact) mass is 388 g/mol. The van der Waals surface area contributed by atoms with Crippen molar-refractivity contribution in [2.45, 2.75) is 6.61 Å². The second kappa shape index (κ2) is 6.83. The molecule has 0 saturated carbocycles. The Morgan fingerprint density at radius 1 is 1.37 bits per heavy atom. The normalized spacial score (nSPS) is 17.6. The molecule has 0 saturated heterocycles. The Balaban J connectivity index is 1.73. The number of nitrogens with one attached hydrogen (secondary N) is 2. The molecule has 3 heterocycles. The highest BCUT2D eigenvalue weighted by Crippen LogP contribution is 2.44. The van der Waals surface area contributed by atoms with Crippen molar-refractivity contribution in [3.8, 4) is 0 Å². The van der Waals surface area contributed by atoms with Gasteiger partial charge >= 0.3 is 0 Å². The smallest absolute Gasteiger partial charge is 0.260 e. The number of nitrogens with zero attached hydrogens (tertiary/aromatic N) is 2. The number of carbonyl (C=O) groups excluding carboxylic acids is 1. The van der Waals surface area contributed by atoms with Gasteiger partial charge in [0.2, 0.25) is 0 Å². The number of fused-ring (bicyclic) bond motifs is 2. The molecule has 2 aliphatic heterocycles. The van der Waals surface area contributed by atoms with Crippen LogP contribution in [0.4, 0.5) is 15.9 Å². The van der Waals surface area contributed by atoms with E-state index in [9.17, 15) is 9.18 Å². The topological polar surface area (TPSA) is 66.5 Å². The van der Waals surface area contributed by atoms with E-state index in [4.69, 9.17) is 16.3 Å². The molecule has 2 N–H and O–H groups in total. The molecule has 8 heteroatoms. The van der Waals surface area contributed by atoms with Crippen LogP contribution in [0.2, 0.25) is 5.02 Å². The van der Waals surface area contributed by atoms with Crippen molar-refractivity contribution in [2.75, 3.05) is 37.8 Å². The van der Waals surface area contributed by atoms with Crippen molar-refractivity contribution in [3.63, 3.8) is 0 Å². The van der Waals surface area contributed by atoms with Crippen molar-refractivity contribution < 1.29 is 13.9 Å². The number of carbonyl (C=O) groups is 1. The summed E-state index contributed by atoms with van der Waals surface area (Å²) in [6.45, 7) is 1.77. The molecular formula is C19H18ClFN4O2. The lowest BCUT2D eigenvalue weighted by atomic mass is 10.0. The zero-order valence-corrected chi connectivity index (χ0v) is 15.7. The predicted molar refractivity (Wildman–Crippen MR) is 103 cm³/mol. The maximum atomic E-state index is 13.7. The van der Waals surface area contributed by atoms with Crippen molar-refractivity contribution in [2.24, 2.45) is 0 Å². The number of likely N-dealkylation sites (N-methyl/N-ethyl adjacent to an activating group) is 1. The summed E-state index contributed by atoms with van der Waals surface area (Å²) < 4.78 is 19.5. The summed E-state index contributed by atoms with van der Waals surface area (Å²) in [5.41, 5.74) is 2.75. The van der Waals surface area contributed by atoms with Crippen LogP contribution in [-0.2, 0) is 16.1 Å². The maximum Gasteiger partial charge on any atom is 0.260 e. The molecule has 0 bridgehead atoms. The van der Waals surface area contributed by atoms with E-state index in [1.807, 2.05) is 14.1 Å². The lowest BCUT2D eigenvalue weighted by molar-refractivity contribution is -0.110. The van der Waals surface area contributed by atoms with Gasteiger partial charge < -0.3 is 20.3 Å². The summed E-state index contributed by atoms with van der Waals surface area (Å²) in [5, 5.41) is 6.41. The number of pyridine rings is 1. The van der Waals surface area contributed by atoms with Crippen molar-refractivity contribution in [1.29, 1.82) is 0 Å². The van der Waals surface area contributed by atoms with Crippen molar-refractivity contribution in [3.05, 3.63) is 51.9 Å². The van der Waals surface area contributed by atoms with E-state index in [0.717, 1.165) is 12.1 Å². The van der Waals surface area contributed by atoms with Gasteiger partial charge in [0.15, 0.2) is 0 Å². The van der Waals surface area contributed by atoms with E-state index in [-0.39, 0.29) is 12.5 Å². The molecule has 27 heavy (non-hydrogen) atoms. The van der Waals surface area contributed by atoms with Crippen LogP contribution in [-0.4, -0.2) is 43.0 Å². The fourth-order valence-corrected chi connectivity index (χ4v) is 3.45. The Morgan fingerprint density at radius 2 is 2.19 bits per heavy atom. The number of ether oxygens (including phenoxy) is 1. The van der Waals surface area contributed by atoms with E-state index in [2.05, 4.69) is 20.5 Å². The minimum atomic E-state index is -0.418. The Kier molecular flexibility index (Phi) is 4.49. The highest BCUT2D eigenvalue weighted by Gasteiger charge is 2.34. The third-order valence-electron chi connectivity index (χ3n) is 4.53. The second-order valence-corrected chi connectivity index (χ2v) is 7.06. The van der Waals surface area contributed by atoms with Gasteiger partial charge in [0.1, 0.15) is 24.0 Å². The third kappa shape index (κ3) is 3.13. The quantitative estimate of drug-likeness (QED) is 0.787. The SMILES string of the molecule is CN(C)CCNc1ncc2c(c1Cl)CO/C2=C1/C(=O)Nc2ccc(F)cc21. The Morgan fingerprint density at radius 3 is 2.96 bits per heavy atom. The van der Waals surface area contributed by atoms with E-state index in [1.54, 1.807) is 6.20 Å². The van der Waals surface area contributed by atoms with Gasteiger partial charge in [0.25, 0.3) is 5.91 Å². The molecule has 1 aromatic carbocycles. The summed E-state index contributed by atoms with van der Waals surface area (Å²) in [7, 11) is 3.97. The molecule has 0 unspecified atom stereocenters. The molecule has 1 amide bonds. The van der Waals surface area contributed by atoms with Gasteiger partial charge in [-0.25, -0.2) is 9.37 Å². The van der Waals surface area contributed by atoms with Gasteiger partial charge in [-0.3, -0.25) is 4.79 Å². The zero-order chi connectivity index (χ0) is 19.1. The van der Waals surface area contributed by atoms with E-state index in [0.29, 0.717) is 45.5 Å². The first-order chi connectivity index (χ1) is 13.0. The number of rotatable bonds is 4. The minimum absolute atomic E-state index is 0.232. The highest BCUT2D eigenvalue weighted by atomic mass is 35.5. The van der Waals surface area contributed by atoms with Gasteiger partial charge in [-0.2, -0.15) is 0 Å². The minimum Gasteiger partial charge on any atom is -0.487 e. The van der Waals surface area contributed by atoms with Gasteiger partial charge in [0, 0.05) is 41.7 Å². The first-order valence-corrected chi connectivity index (χ1v) is 8.88. The molecule has 0 radical (unpaired) electrons. The van der Waals surface area contributed by atoms with Gasteiger partial charge in [-0.15, -0.1) is 0 Å². The largest absolute Gasteiger partial charge is 0.487 e. The molecule has 140 valence electrons. The number of benzene rings is 1. The molecule has 2 aromatic rings. The van der Waals surface area contributed by atoms with Crippen LogP contribution in [0.5, 0.6) is 0 Å². The van der Waals surface area contributed by atoms with Gasteiger partial charge in [-0.1, -0.05) is 11.6 Å². The number of hydrogen-bond donors (Lipinski definition) is 2. The Labute approximate surface area is 161 Å². The Bertz CT molecular complexity index is 974. The molecule has 0 aliphatic carbocycles. The molecule has 1 aromatic heterocycles. The van der Waals surface area contributed by atoms with Crippen LogP contribution in [0.25, 0.3) is 11.3 Å². The molecule has 0 atom stereocenters. The maximum absolute atomic E-state index is 13.7. The molecule has 6 nitrogen and oxygen atoms in total. The van der Waals surface area contributed by atoms with Crippen LogP contribution in [0.3, 0.4) is 0 Å². The van der Waals surface area contributed by atoms with Crippen molar-refractivity contribution in [1.82, 2.24) is 9.88 Å². The number of hydrogen-bond acceptors (Lipinski definition) is 5. The molecule has 0 fully saturated rings. The average Bonchev–Trinajstić information content (AvgIpc) is 3.17. The molecule has 4 rings (SSSR count). The number of aromatic nitrogens is 1. The summed E-state index contributed by atoms with van der Waals surface area (Å²) >= 11 is 6.50. The highest BCUT2D eigenvalue weighted by molar-refractivity contribution is 6.37. The second-order valence-electron chi connectivity index (χ2n) is 6.68. The standard InChI is InChI=1S/C19H18ClFN4O2/c1-25(2)6-5-22-18-16(20)13-9-27-17(12(13)8-23-18)15-11-7-10(21)3-4-14(11)24-19(15)26/h3-4,7-8H,5-6,9H2,1-2H3,(H,22,23)(H,24,26)/b17-15+. The van der Waals surface area contributed by atoms with Crippen LogP contribution >= 0.6 is 11.6 Å². The summed E-state index contributed by atoms with van der Waals surface area (Å²) in [5.74, 6) is 0.205. The third-order valence-corrected chi connectivity index (χ3v) is 4.94. The van der Waals surface area contributed by atoms with E-state index in [1.165, 1.54) is 18.2 Å². The van der Waals surface area contributed by atoms with Crippen LogP contribution in [0.15, 0.2) is 24.4 Å². The molecular weight excluding hydrogens is 371 g/mol. The number of halogens is 2. The van der Waals surface area contributed by atoms with Crippen LogP contribution < -0.4 is 10.6 Å². The predicted octanol–water partition coefficient (Wildman–Crippen LogP) is 3.20. The van der Waals surface area contributed by atoms with Crippen LogP contribution in [0.1, 0.15) is 16.7 Å². The first kappa shape index (κ1) is 17.8. The molecule has 2 aliphatic rings. The number of anilines is 2. The summed E-state index contributed by atoms with van der Waals surface area (Å²) in [6.07, 6.45) is 1.64. The van der Waals surface area contributed by atoms with E-state index < -0.39 is 5.82 Å². The zero-order valence-electron chi connectivity index (χ0n) is 14.9. The summed E-state index contributed by atoms with van der Waals surface area (Å²) in [6, 6.07) is 4.17. The summed E-state index contributed by atoms with van der Waals surface area (Å²) in [4.78, 5) is 18.9. The lowest BCUT2D eigenvalue weighted by Crippen LogP contribution is -2.21. The Hall–Kier alpha value is -2.64. The van der Waals surface area contributed by atoms with E-state index >= 15 is 0 Å². The fourth-order valence-electron chi connectivity index (χ4n) is 3.18. The lowest BCUT2D eigenvalue weighted by Gasteiger charge is -2.12. The first-order valence-electron chi connectivity index (χ1n) is 8.50. The fraction of sp³-hybridized carbons (Fsp3) is 0.263. The van der Waals surface area contributed by atoms with Gasteiger partial charge in [0.05, 0.1) is 10.6 Å². The van der Waals surface area contributed by atoms with Gasteiger partial charge in [-0.05, 0) is 32.3 Å².